The number of rotatable bonds is 6. The number of hydrogen-bond donors (Lipinski definition) is 0. The third-order valence-electron chi connectivity index (χ3n) is 1.44. The lowest BCUT2D eigenvalue weighted by Crippen LogP contribution is -2.26. The highest BCUT2D eigenvalue weighted by Gasteiger charge is 2.00. The van der Waals surface area contributed by atoms with Gasteiger partial charge in [-0.15, -0.1) is 0 Å². The zero-order valence-corrected chi connectivity index (χ0v) is 7.02. The van der Waals surface area contributed by atoms with Crippen LogP contribution in [0.15, 0.2) is 0 Å². The van der Waals surface area contributed by atoms with Gasteiger partial charge >= 0.3 is 0 Å². The normalized spacial score (nSPS) is 10.0. The van der Waals surface area contributed by atoms with Gasteiger partial charge < -0.3 is 0 Å². The number of nitriles is 1. The summed E-state index contributed by atoms with van der Waals surface area (Å²) >= 11 is 0. The van der Waals surface area contributed by atoms with Gasteiger partial charge in [0.1, 0.15) is 0 Å². The number of hydrogen-bond acceptors (Lipinski definition) is 2. The molecule has 0 aromatic rings. The maximum Gasteiger partial charge on any atom is 0.0906 e. The summed E-state index contributed by atoms with van der Waals surface area (Å²) in [7, 11) is 0. The first-order chi connectivity index (χ1) is 5.35. The van der Waals surface area contributed by atoms with E-state index >= 15 is 0 Å². The molecule has 0 radical (unpaired) electrons. The lowest BCUT2D eigenvalue weighted by atomic mass is 10.3. The molecule has 0 aromatic carbocycles. The molecule has 0 heterocycles. The third kappa shape index (κ3) is 5.81. The first-order valence-electron chi connectivity index (χ1n) is 4.00. The molecule has 0 N–H and O–H groups in total. The molecular formula is C8H15FN2. The van der Waals surface area contributed by atoms with Crippen LogP contribution >= 0.6 is 0 Å². The summed E-state index contributed by atoms with van der Waals surface area (Å²) in [6, 6.07) is 2.06. The molecule has 0 spiro atoms. The molecule has 0 aliphatic rings. The fraction of sp³-hybridized carbons (Fsp3) is 0.875. The summed E-state index contributed by atoms with van der Waals surface area (Å²) in [5, 5.41) is 8.38. The minimum atomic E-state index is -0.286. The van der Waals surface area contributed by atoms with Crippen LogP contribution in [0.25, 0.3) is 0 Å². The highest BCUT2D eigenvalue weighted by Crippen LogP contribution is 1.93. The summed E-state index contributed by atoms with van der Waals surface area (Å²) < 4.78 is 11.7. The van der Waals surface area contributed by atoms with E-state index in [1.807, 2.05) is 4.90 Å². The Labute approximate surface area is 67.6 Å². The lowest BCUT2D eigenvalue weighted by Gasteiger charge is -2.16. The van der Waals surface area contributed by atoms with Gasteiger partial charge in [0, 0.05) is 6.54 Å². The Morgan fingerprint density at radius 1 is 1.45 bits per heavy atom. The average Bonchev–Trinajstić information content (AvgIpc) is 2.01. The number of halogens is 1. The summed E-state index contributed by atoms with van der Waals surface area (Å²) in [5.74, 6) is 0. The zero-order valence-electron chi connectivity index (χ0n) is 7.02. The van der Waals surface area contributed by atoms with Gasteiger partial charge in [0.25, 0.3) is 0 Å². The molecule has 0 amide bonds. The molecule has 0 saturated carbocycles. The van der Waals surface area contributed by atoms with Gasteiger partial charge in [-0.25, -0.2) is 0 Å². The summed E-state index contributed by atoms with van der Waals surface area (Å²) in [6.45, 7) is 3.80. The predicted octanol–water partition coefficient (Wildman–Crippen LogP) is 1.58. The second kappa shape index (κ2) is 7.49. The van der Waals surface area contributed by atoms with Crippen LogP contribution in [-0.4, -0.2) is 31.2 Å². The Kier molecular flexibility index (Phi) is 7.06. The summed E-state index contributed by atoms with van der Waals surface area (Å²) in [4.78, 5) is 1.97. The van der Waals surface area contributed by atoms with Crippen molar-refractivity contribution in [3.8, 4) is 6.07 Å². The fourth-order valence-corrected chi connectivity index (χ4v) is 0.970. The van der Waals surface area contributed by atoms with Gasteiger partial charge in [-0.1, -0.05) is 6.92 Å². The highest BCUT2D eigenvalue weighted by atomic mass is 19.1. The predicted molar refractivity (Wildman–Crippen MR) is 42.9 cm³/mol. The van der Waals surface area contributed by atoms with E-state index in [1.165, 1.54) is 0 Å². The van der Waals surface area contributed by atoms with Crippen LogP contribution in [0.2, 0.25) is 0 Å². The Morgan fingerprint density at radius 3 is 2.64 bits per heavy atom. The smallest absolute Gasteiger partial charge is 0.0906 e. The highest BCUT2D eigenvalue weighted by molar-refractivity contribution is 4.75. The van der Waals surface area contributed by atoms with Gasteiger partial charge in [-0.05, 0) is 19.4 Å². The van der Waals surface area contributed by atoms with Crippen molar-refractivity contribution < 1.29 is 4.39 Å². The molecule has 2 nitrogen and oxygen atoms in total. The van der Waals surface area contributed by atoms with Crippen LogP contribution in [0.5, 0.6) is 0 Å². The fourth-order valence-electron chi connectivity index (χ4n) is 0.970. The standard InChI is InChI=1S/C8H15FN2/c1-2-6-11(8-5-10)7-3-4-9/h2-4,6-8H2,1H3. The van der Waals surface area contributed by atoms with E-state index in [0.717, 1.165) is 13.0 Å². The van der Waals surface area contributed by atoms with E-state index in [-0.39, 0.29) is 6.67 Å². The quantitative estimate of drug-likeness (QED) is 0.549. The molecule has 0 bridgehead atoms. The molecule has 0 atom stereocenters. The van der Waals surface area contributed by atoms with Gasteiger partial charge in [0.2, 0.25) is 0 Å². The zero-order chi connectivity index (χ0) is 8.53. The molecule has 0 aromatic heterocycles. The summed E-state index contributed by atoms with van der Waals surface area (Å²) in [6.07, 6.45) is 1.57. The van der Waals surface area contributed by atoms with Gasteiger partial charge in [0.15, 0.2) is 0 Å². The molecular weight excluding hydrogens is 143 g/mol. The third-order valence-corrected chi connectivity index (χ3v) is 1.44. The van der Waals surface area contributed by atoms with E-state index in [4.69, 9.17) is 5.26 Å². The van der Waals surface area contributed by atoms with E-state index in [2.05, 4.69) is 13.0 Å². The van der Waals surface area contributed by atoms with E-state index < -0.39 is 0 Å². The SMILES string of the molecule is CCCN(CC#N)CCCF. The Morgan fingerprint density at radius 2 is 2.18 bits per heavy atom. The maximum absolute atomic E-state index is 11.7. The van der Waals surface area contributed by atoms with Crippen molar-refractivity contribution in [2.45, 2.75) is 19.8 Å². The molecule has 0 rings (SSSR count). The first-order valence-corrected chi connectivity index (χ1v) is 4.00. The maximum atomic E-state index is 11.7. The molecule has 0 aliphatic carbocycles. The lowest BCUT2D eigenvalue weighted by molar-refractivity contribution is 0.286. The number of nitrogens with zero attached hydrogens (tertiary/aromatic N) is 2. The van der Waals surface area contributed by atoms with E-state index in [9.17, 15) is 4.39 Å². The van der Waals surface area contributed by atoms with Gasteiger partial charge in [0.05, 0.1) is 19.3 Å². The molecule has 11 heavy (non-hydrogen) atoms. The van der Waals surface area contributed by atoms with Gasteiger partial charge in [-0.3, -0.25) is 9.29 Å². The van der Waals surface area contributed by atoms with Crippen LogP contribution in [0.1, 0.15) is 19.8 Å². The topological polar surface area (TPSA) is 27.0 Å². The van der Waals surface area contributed by atoms with Crippen molar-refractivity contribution >= 4 is 0 Å². The van der Waals surface area contributed by atoms with Crippen molar-refractivity contribution in [2.75, 3.05) is 26.3 Å². The minimum Gasteiger partial charge on any atom is -0.291 e. The average molecular weight is 158 g/mol. The minimum absolute atomic E-state index is 0.286. The van der Waals surface area contributed by atoms with Crippen LogP contribution < -0.4 is 0 Å². The van der Waals surface area contributed by atoms with Crippen LogP contribution in [0, 0.1) is 11.3 Å². The van der Waals surface area contributed by atoms with Gasteiger partial charge in [-0.2, -0.15) is 5.26 Å². The van der Waals surface area contributed by atoms with Crippen LogP contribution in [-0.2, 0) is 0 Å². The Hall–Kier alpha value is -0.620. The van der Waals surface area contributed by atoms with Crippen molar-refractivity contribution in [2.24, 2.45) is 0 Å². The molecule has 3 heteroatoms. The molecule has 0 unspecified atom stereocenters. The van der Waals surface area contributed by atoms with Crippen LogP contribution in [0.3, 0.4) is 0 Å². The first kappa shape index (κ1) is 10.4. The second-order valence-corrected chi connectivity index (χ2v) is 2.48. The molecule has 0 fully saturated rings. The van der Waals surface area contributed by atoms with E-state index in [1.54, 1.807) is 0 Å². The molecule has 64 valence electrons. The Bertz CT molecular complexity index is 120. The largest absolute Gasteiger partial charge is 0.291 e. The summed E-state index contributed by atoms with van der Waals surface area (Å²) in [5.41, 5.74) is 0. The van der Waals surface area contributed by atoms with Crippen molar-refractivity contribution in [1.82, 2.24) is 4.90 Å². The van der Waals surface area contributed by atoms with E-state index in [0.29, 0.717) is 19.5 Å². The monoisotopic (exact) mass is 158 g/mol. The molecule has 0 aliphatic heterocycles. The second-order valence-electron chi connectivity index (χ2n) is 2.48. The Balaban J connectivity index is 3.44. The number of alkyl halides is 1. The van der Waals surface area contributed by atoms with Crippen molar-refractivity contribution in [1.29, 1.82) is 5.26 Å². The van der Waals surface area contributed by atoms with Crippen molar-refractivity contribution in [3.05, 3.63) is 0 Å². The molecule has 0 saturated heterocycles. The van der Waals surface area contributed by atoms with Crippen LogP contribution in [0.4, 0.5) is 4.39 Å². The van der Waals surface area contributed by atoms with Crippen molar-refractivity contribution in [3.63, 3.8) is 0 Å².